The van der Waals surface area contributed by atoms with Crippen LogP contribution in [-0.2, 0) is 6.54 Å². The zero-order valence-electron chi connectivity index (χ0n) is 11.4. The van der Waals surface area contributed by atoms with Gasteiger partial charge in [-0.2, -0.15) is 5.10 Å². The Morgan fingerprint density at radius 3 is 2.89 bits per heavy atom. The van der Waals surface area contributed by atoms with Crippen LogP contribution in [0.2, 0.25) is 5.02 Å². The zero-order chi connectivity index (χ0) is 13.7. The highest BCUT2D eigenvalue weighted by Crippen LogP contribution is 2.20. The van der Waals surface area contributed by atoms with Crippen molar-refractivity contribution in [1.29, 1.82) is 0 Å². The normalized spacial score (nSPS) is 12.6. The van der Waals surface area contributed by atoms with Crippen LogP contribution in [0.3, 0.4) is 0 Å². The molecule has 0 saturated carbocycles. The highest BCUT2D eigenvalue weighted by molar-refractivity contribution is 6.30. The van der Waals surface area contributed by atoms with Crippen LogP contribution in [0.25, 0.3) is 0 Å². The van der Waals surface area contributed by atoms with Gasteiger partial charge in [0.05, 0.1) is 12.7 Å². The first-order valence-corrected chi connectivity index (χ1v) is 7.04. The molecular weight excluding hydrogens is 258 g/mol. The van der Waals surface area contributed by atoms with Crippen LogP contribution in [0.15, 0.2) is 36.7 Å². The molecule has 1 aromatic heterocycles. The van der Waals surface area contributed by atoms with Gasteiger partial charge in [0.25, 0.3) is 0 Å². The lowest BCUT2D eigenvalue weighted by Gasteiger charge is -2.17. The molecule has 0 aliphatic rings. The van der Waals surface area contributed by atoms with E-state index in [4.69, 9.17) is 11.6 Å². The molecule has 2 aromatic rings. The standard InChI is InChI=1S/C15H20ClN3/c1-3-15(13-5-4-6-14(16)9-13)17-7-8-19-11-12(2)10-18-19/h4-6,9-11,15,17H,3,7-8H2,1-2H3. The minimum atomic E-state index is 0.343. The van der Waals surface area contributed by atoms with Gasteiger partial charge in [0.2, 0.25) is 0 Å². The summed E-state index contributed by atoms with van der Waals surface area (Å²) in [5.74, 6) is 0. The summed E-state index contributed by atoms with van der Waals surface area (Å²) in [7, 11) is 0. The Kier molecular flexibility index (Phi) is 5.00. The second kappa shape index (κ2) is 6.73. The van der Waals surface area contributed by atoms with Gasteiger partial charge in [0.15, 0.2) is 0 Å². The van der Waals surface area contributed by atoms with Crippen molar-refractivity contribution in [3.63, 3.8) is 0 Å². The summed E-state index contributed by atoms with van der Waals surface area (Å²) in [4.78, 5) is 0. The lowest BCUT2D eigenvalue weighted by molar-refractivity contribution is 0.476. The van der Waals surface area contributed by atoms with E-state index in [0.29, 0.717) is 6.04 Å². The molecule has 3 nitrogen and oxygen atoms in total. The molecule has 2 rings (SSSR count). The molecule has 1 atom stereocenters. The third-order valence-electron chi connectivity index (χ3n) is 3.15. The molecule has 0 radical (unpaired) electrons. The second-order valence-corrected chi connectivity index (χ2v) is 5.19. The van der Waals surface area contributed by atoms with Gasteiger partial charge in [-0.05, 0) is 36.6 Å². The Morgan fingerprint density at radius 1 is 1.42 bits per heavy atom. The molecule has 0 aliphatic heterocycles. The molecular formula is C15H20ClN3. The number of nitrogens with zero attached hydrogens (tertiary/aromatic N) is 2. The van der Waals surface area contributed by atoms with E-state index in [0.717, 1.165) is 24.5 Å². The van der Waals surface area contributed by atoms with Crippen molar-refractivity contribution in [3.05, 3.63) is 52.8 Å². The average Bonchev–Trinajstić information content (AvgIpc) is 2.80. The highest BCUT2D eigenvalue weighted by Gasteiger charge is 2.08. The summed E-state index contributed by atoms with van der Waals surface area (Å²) in [5, 5.41) is 8.62. The van der Waals surface area contributed by atoms with Gasteiger partial charge < -0.3 is 5.32 Å². The highest BCUT2D eigenvalue weighted by atomic mass is 35.5. The van der Waals surface area contributed by atoms with Crippen molar-refractivity contribution in [2.45, 2.75) is 32.9 Å². The first-order valence-electron chi connectivity index (χ1n) is 6.67. The van der Waals surface area contributed by atoms with Gasteiger partial charge in [-0.1, -0.05) is 30.7 Å². The molecule has 1 aromatic carbocycles. The fraction of sp³-hybridized carbons (Fsp3) is 0.400. The van der Waals surface area contributed by atoms with Crippen LogP contribution < -0.4 is 5.32 Å². The van der Waals surface area contributed by atoms with Gasteiger partial charge in [-0.15, -0.1) is 0 Å². The number of benzene rings is 1. The molecule has 0 saturated heterocycles. The monoisotopic (exact) mass is 277 g/mol. The largest absolute Gasteiger partial charge is 0.308 e. The Morgan fingerprint density at radius 2 is 2.26 bits per heavy atom. The van der Waals surface area contributed by atoms with Crippen molar-refractivity contribution in [2.24, 2.45) is 0 Å². The predicted molar refractivity (Wildman–Crippen MR) is 79.5 cm³/mol. The van der Waals surface area contributed by atoms with Gasteiger partial charge >= 0.3 is 0 Å². The molecule has 19 heavy (non-hydrogen) atoms. The summed E-state index contributed by atoms with van der Waals surface area (Å²) >= 11 is 6.04. The van der Waals surface area contributed by atoms with Crippen molar-refractivity contribution in [2.75, 3.05) is 6.54 Å². The number of aryl methyl sites for hydroxylation is 1. The average molecular weight is 278 g/mol. The quantitative estimate of drug-likeness (QED) is 0.875. The van der Waals surface area contributed by atoms with Crippen LogP contribution in [0, 0.1) is 6.92 Å². The molecule has 0 aliphatic carbocycles. The number of halogens is 1. The van der Waals surface area contributed by atoms with Crippen LogP contribution in [0.5, 0.6) is 0 Å². The summed E-state index contributed by atoms with van der Waals surface area (Å²) < 4.78 is 1.97. The van der Waals surface area contributed by atoms with Gasteiger partial charge in [0.1, 0.15) is 0 Å². The van der Waals surface area contributed by atoms with Crippen molar-refractivity contribution >= 4 is 11.6 Å². The molecule has 0 spiro atoms. The minimum absolute atomic E-state index is 0.343. The molecule has 0 bridgehead atoms. The van der Waals surface area contributed by atoms with Crippen LogP contribution in [0.1, 0.15) is 30.5 Å². The third kappa shape index (κ3) is 4.08. The lowest BCUT2D eigenvalue weighted by atomic mass is 10.0. The Hall–Kier alpha value is -1.32. The van der Waals surface area contributed by atoms with E-state index in [1.165, 1.54) is 11.1 Å². The van der Waals surface area contributed by atoms with Crippen molar-refractivity contribution < 1.29 is 0 Å². The maximum atomic E-state index is 6.04. The van der Waals surface area contributed by atoms with Crippen molar-refractivity contribution in [1.82, 2.24) is 15.1 Å². The fourth-order valence-corrected chi connectivity index (χ4v) is 2.36. The van der Waals surface area contributed by atoms with E-state index in [1.54, 1.807) is 0 Å². The number of aromatic nitrogens is 2. The molecule has 1 heterocycles. The summed E-state index contributed by atoms with van der Waals surface area (Å²) in [6, 6.07) is 8.39. The first-order chi connectivity index (χ1) is 9.19. The number of nitrogens with one attached hydrogen (secondary N) is 1. The van der Waals surface area contributed by atoms with Gasteiger partial charge in [0, 0.05) is 23.8 Å². The van der Waals surface area contributed by atoms with E-state index >= 15 is 0 Å². The lowest BCUT2D eigenvalue weighted by Crippen LogP contribution is -2.25. The topological polar surface area (TPSA) is 29.9 Å². The smallest absolute Gasteiger partial charge is 0.0534 e. The SMILES string of the molecule is CCC(NCCn1cc(C)cn1)c1cccc(Cl)c1. The summed E-state index contributed by atoms with van der Waals surface area (Å²) in [5.41, 5.74) is 2.44. The van der Waals surface area contributed by atoms with E-state index in [2.05, 4.69) is 36.5 Å². The molecule has 0 amide bonds. The number of rotatable bonds is 6. The van der Waals surface area contributed by atoms with E-state index in [9.17, 15) is 0 Å². The number of hydrogen-bond donors (Lipinski definition) is 1. The van der Waals surface area contributed by atoms with E-state index < -0.39 is 0 Å². The fourth-order valence-electron chi connectivity index (χ4n) is 2.16. The molecule has 4 heteroatoms. The minimum Gasteiger partial charge on any atom is -0.308 e. The molecule has 1 N–H and O–H groups in total. The van der Waals surface area contributed by atoms with E-state index in [1.807, 2.05) is 29.1 Å². The Bertz CT molecular complexity index is 522. The maximum Gasteiger partial charge on any atom is 0.0534 e. The molecule has 102 valence electrons. The molecule has 0 fully saturated rings. The van der Waals surface area contributed by atoms with Crippen molar-refractivity contribution in [3.8, 4) is 0 Å². The zero-order valence-corrected chi connectivity index (χ0v) is 12.2. The summed E-state index contributed by atoms with van der Waals surface area (Å²) in [6.45, 7) is 6.01. The Balaban J connectivity index is 1.89. The third-order valence-corrected chi connectivity index (χ3v) is 3.39. The summed E-state index contributed by atoms with van der Waals surface area (Å²) in [6.07, 6.45) is 4.98. The Labute approximate surface area is 119 Å². The first kappa shape index (κ1) is 14.1. The van der Waals surface area contributed by atoms with Gasteiger partial charge in [-0.25, -0.2) is 0 Å². The van der Waals surface area contributed by atoms with Crippen LogP contribution >= 0.6 is 11.6 Å². The van der Waals surface area contributed by atoms with Gasteiger partial charge in [-0.3, -0.25) is 4.68 Å². The number of hydrogen-bond acceptors (Lipinski definition) is 2. The van der Waals surface area contributed by atoms with E-state index in [-0.39, 0.29) is 0 Å². The second-order valence-electron chi connectivity index (χ2n) is 4.75. The molecule has 1 unspecified atom stereocenters. The predicted octanol–water partition coefficient (Wildman–Crippen LogP) is 3.59. The van der Waals surface area contributed by atoms with Crippen LogP contribution in [0.4, 0.5) is 0 Å². The van der Waals surface area contributed by atoms with Crippen LogP contribution in [-0.4, -0.2) is 16.3 Å². The maximum absolute atomic E-state index is 6.04.